The molecule has 0 spiro atoms. The summed E-state index contributed by atoms with van der Waals surface area (Å²) >= 11 is 5.00. The molecule has 0 radical (unpaired) electrons. The highest BCUT2D eigenvalue weighted by Gasteiger charge is 2.27. The van der Waals surface area contributed by atoms with Crippen LogP contribution in [0.15, 0.2) is 0 Å². The maximum Gasteiger partial charge on any atom is 0.287 e. The van der Waals surface area contributed by atoms with Crippen LogP contribution in [0.3, 0.4) is 0 Å². The predicted octanol–water partition coefficient (Wildman–Crippen LogP) is -0.0310. The molecule has 6 heteroatoms. The van der Waals surface area contributed by atoms with Crippen molar-refractivity contribution >= 4 is 17.5 Å². The largest absolute Gasteiger partial charge is 0.390 e. The molecule has 0 saturated heterocycles. The lowest BCUT2D eigenvalue weighted by molar-refractivity contribution is -0.121. The monoisotopic (exact) mass is 187 g/mol. The van der Waals surface area contributed by atoms with Crippen molar-refractivity contribution in [1.29, 1.82) is 0 Å². The number of aliphatic hydroxyl groups is 1. The Bertz CT molecular complexity index is 142. The summed E-state index contributed by atoms with van der Waals surface area (Å²) in [5.74, 6) is -4.30. The summed E-state index contributed by atoms with van der Waals surface area (Å²) in [6.07, 6.45) is 0. The number of hydrogen-bond acceptors (Lipinski definition) is 2. The molecule has 0 bridgehead atoms. The number of amides is 1. The molecule has 0 rings (SSSR count). The standard InChI is InChI=1S/C5H8ClF2NO2/c6-1-4(11)9-2-5(7,8)3-10/h10H,1-3H2,(H,9,11). The van der Waals surface area contributed by atoms with Crippen LogP contribution in [0.1, 0.15) is 0 Å². The fourth-order valence-electron chi connectivity index (χ4n) is 0.331. The highest BCUT2D eigenvalue weighted by Crippen LogP contribution is 2.09. The first-order valence-electron chi connectivity index (χ1n) is 2.83. The molecule has 0 unspecified atom stereocenters. The normalized spacial score (nSPS) is 11.3. The number of aliphatic hydroxyl groups excluding tert-OH is 1. The smallest absolute Gasteiger partial charge is 0.287 e. The molecule has 0 saturated carbocycles. The Morgan fingerprint density at radius 2 is 2.18 bits per heavy atom. The molecule has 0 heterocycles. The van der Waals surface area contributed by atoms with E-state index in [1.165, 1.54) is 0 Å². The van der Waals surface area contributed by atoms with Crippen molar-refractivity contribution in [3.8, 4) is 0 Å². The van der Waals surface area contributed by atoms with E-state index in [4.69, 9.17) is 16.7 Å². The third-order valence-electron chi connectivity index (χ3n) is 0.897. The van der Waals surface area contributed by atoms with Crippen molar-refractivity contribution in [3.63, 3.8) is 0 Å². The van der Waals surface area contributed by atoms with Gasteiger partial charge >= 0.3 is 0 Å². The highest BCUT2D eigenvalue weighted by molar-refractivity contribution is 6.27. The second-order valence-corrected chi connectivity index (χ2v) is 2.19. The van der Waals surface area contributed by atoms with Crippen molar-refractivity contribution in [3.05, 3.63) is 0 Å². The summed E-state index contributed by atoms with van der Waals surface area (Å²) in [5, 5.41) is 9.89. The van der Waals surface area contributed by atoms with Gasteiger partial charge < -0.3 is 10.4 Å². The average molecular weight is 188 g/mol. The number of hydrogen-bond donors (Lipinski definition) is 2. The minimum absolute atomic E-state index is 0.360. The first-order valence-corrected chi connectivity index (χ1v) is 3.36. The number of nitrogens with one attached hydrogen (secondary N) is 1. The lowest BCUT2D eigenvalue weighted by Gasteiger charge is -2.12. The van der Waals surface area contributed by atoms with E-state index in [0.717, 1.165) is 0 Å². The van der Waals surface area contributed by atoms with Crippen LogP contribution in [0.5, 0.6) is 0 Å². The van der Waals surface area contributed by atoms with Crippen LogP contribution in [-0.2, 0) is 4.79 Å². The Balaban J connectivity index is 3.61. The Labute approximate surface area is 67.3 Å². The van der Waals surface area contributed by atoms with Crippen LogP contribution >= 0.6 is 11.6 Å². The SMILES string of the molecule is O=C(CCl)NCC(F)(F)CO. The molecule has 1 amide bonds. The van der Waals surface area contributed by atoms with Gasteiger partial charge in [-0.25, -0.2) is 8.78 Å². The van der Waals surface area contributed by atoms with E-state index in [0.29, 0.717) is 0 Å². The maximum atomic E-state index is 12.1. The maximum absolute atomic E-state index is 12.1. The lowest BCUT2D eigenvalue weighted by Crippen LogP contribution is -2.39. The van der Waals surface area contributed by atoms with E-state index in [9.17, 15) is 13.6 Å². The molecule has 0 atom stereocenters. The molecule has 11 heavy (non-hydrogen) atoms. The number of rotatable bonds is 4. The van der Waals surface area contributed by atoms with Crippen LogP contribution in [0, 0.1) is 0 Å². The van der Waals surface area contributed by atoms with Crippen molar-refractivity contribution in [2.24, 2.45) is 0 Å². The van der Waals surface area contributed by atoms with Crippen LogP contribution in [0.4, 0.5) is 8.78 Å². The van der Waals surface area contributed by atoms with Gasteiger partial charge in [0.05, 0.1) is 6.54 Å². The Morgan fingerprint density at radius 1 is 1.64 bits per heavy atom. The van der Waals surface area contributed by atoms with Crippen molar-refractivity contribution in [1.82, 2.24) is 5.32 Å². The van der Waals surface area contributed by atoms with Gasteiger partial charge in [-0.15, -0.1) is 11.6 Å². The zero-order valence-corrected chi connectivity index (χ0v) is 6.37. The van der Waals surface area contributed by atoms with Gasteiger partial charge in [0.1, 0.15) is 12.5 Å². The molecule has 0 aliphatic carbocycles. The summed E-state index contributed by atoms with van der Waals surface area (Å²) in [7, 11) is 0. The second-order valence-electron chi connectivity index (χ2n) is 1.92. The third-order valence-corrected chi connectivity index (χ3v) is 1.14. The second kappa shape index (κ2) is 4.46. The fourth-order valence-corrected chi connectivity index (χ4v) is 0.426. The fraction of sp³-hybridized carbons (Fsp3) is 0.800. The first-order chi connectivity index (χ1) is 5.02. The Hall–Kier alpha value is -0.420. The van der Waals surface area contributed by atoms with Crippen LogP contribution in [-0.4, -0.2) is 36.0 Å². The van der Waals surface area contributed by atoms with Gasteiger partial charge in [-0.3, -0.25) is 4.79 Å². The molecule has 0 aliphatic heterocycles. The van der Waals surface area contributed by atoms with Crippen LogP contribution in [0.2, 0.25) is 0 Å². The number of carbonyl (C=O) groups is 1. The molecule has 0 aromatic carbocycles. The lowest BCUT2D eigenvalue weighted by atomic mass is 10.3. The quantitative estimate of drug-likeness (QED) is 0.608. The molecule has 0 aromatic heterocycles. The van der Waals surface area contributed by atoms with Crippen LogP contribution in [0.25, 0.3) is 0 Å². The summed E-state index contributed by atoms with van der Waals surface area (Å²) < 4.78 is 24.3. The van der Waals surface area contributed by atoms with Gasteiger partial charge in [-0.05, 0) is 0 Å². The molecular formula is C5H8ClF2NO2. The minimum atomic E-state index is -3.26. The number of halogens is 3. The van der Waals surface area contributed by atoms with E-state index < -0.39 is 25.0 Å². The van der Waals surface area contributed by atoms with Gasteiger partial charge in [0.25, 0.3) is 5.92 Å². The molecule has 0 aromatic rings. The van der Waals surface area contributed by atoms with Gasteiger partial charge in [-0.2, -0.15) is 0 Å². The summed E-state index contributed by atoms with van der Waals surface area (Å²) in [5.41, 5.74) is 0. The summed E-state index contributed by atoms with van der Waals surface area (Å²) in [6, 6.07) is 0. The van der Waals surface area contributed by atoms with Crippen molar-refractivity contribution in [2.75, 3.05) is 19.0 Å². The molecule has 0 aliphatic rings. The molecular weight excluding hydrogens is 180 g/mol. The highest BCUT2D eigenvalue weighted by atomic mass is 35.5. The zero-order chi connectivity index (χ0) is 8.91. The van der Waals surface area contributed by atoms with Gasteiger partial charge in [0.2, 0.25) is 5.91 Å². The van der Waals surface area contributed by atoms with Crippen molar-refractivity contribution < 1.29 is 18.7 Å². The molecule has 66 valence electrons. The molecule has 2 N–H and O–H groups in total. The van der Waals surface area contributed by atoms with Crippen LogP contribution < -0.4 is 5.32 Å². The topological polar surface area (TPSA) is 49.3 Å². The molecule has 0 fully saturated rings. The molecule has 3 nitrogen and oxygen atoms in total. The van der Waals surface area contributed by atoms with E-state index >= 15 is 0 Å². The summed E-state index contributed by atoms with van der Waals surface area (Å²) in [6.45, 7) is -2.16. The predicted molar refractivity (Wildman–Crippen MR) is 35.8 cm³/mol. The average Bonchev–Trinajstić information content (AvgIpc) is 2.00. The van der Waals surface area contributed by atoms with Gasteiger partial charge in [-0.1, -0.05) is 0 Å². The number of carbonyl (C=O) groups excluding carboxylic acids is 1. The van der Waals surface area contributed by atoms with E-state index in [2.05, 4.69) is 0 Å². The van der Waals surface area contributed by atoms with Crippen molar-refractivity contribution in [2.45, 2.75) is 5.92 Å². The van der Waals surface area contributed by atoms with E-state index in [1.807, 2.05) is 5.32 Å². The van der Waals surface area contributed by atoms with E-state index in [-0.39, 0.29) is 5.88 Å². The first kappa shape index (κ1) is 10.6. The van der Waals surface area contributed by atoms with E-state index in [1.54, 1.807) is 0 Å². The van der Waals surface area contributed by atoms with Gasteiger partial charge in [0, 0.05) is 0 Å². The Morgan fingerprint density at radius 3 is 2.55 bits per heavy atom. The third kappa shape index (κ3) is 4.92. The minimum Gasteiger partial charge on any atom is -0.390 e. The van der Waals surface area contributed by atoms with Gasteiger partial charge in [0.15, 0.2) is 0 Å². The number of alkyl halides is 3. The summed E-state index contributed by atoms with van der Waals surface area (Å²) in [4.78, 5) is 10.3. The Kier molecular flexibility index (Phi) is 4.29. The zero-order valence-electron chi connectivity index (χ0n) is 5.61.